The number of H-pyrrole nitrogens is 1. The highest BCUT2D eigenvalue weighted by Gasteiger charge is 2.33. The van der Waals surface area contributed by atoms with E-state index in [0.717, 1.165) is 0 Å². The van der Waals surface area contributed by atoms with Gasteiger partial charge in [0.05, 0.1) is 6.10 Å². The number of aromatic nitrogens is 2. The van der Waals surface area contributed by atoms with Crippen LogP contribution in [0.25, 0.3) is 0 Å². The second-order valence-corrected chi connectivity index (χ2v) is 4.24. The first kappa shape index (κ1) is 12.0. The molecule has 0 aromatic carbocycles. The maximum atomic E-state index is 11.6. The van der Waals surface area contributed by atoms with E-state index in [1.54, 1.807) is 6.92 Å². The smallest absolute Gasteiger partial charge is 0.330 e. The first-order chi connectivity index (χ1) is 8.02. The molecule has 2 heterocycles. The van der Waals surface area contributed by atoms with Crippen molar-refractivity contribution in [1.82, 2.24) is 9.55 Å². The first-order valence-corrected chi connectivity index (χ1v) is 5.46. The molecule has 0 unspecified atom stereocenters. The Morgan fingerprint density at radius 2 is 2.29 bits per heavy atom. The highest BCUT2D eigenvalue weighted by Crippen LogP contribution is 2.25. The van der Waals surface area contributed by atoms with Gasteiger partial charge in [-0.05, 0) is 6.92 Å². The second-order valence-electron chi connectivity index (χ2n) is 4.24. The van der Waals surface area contributed by atoms with Gasteiger partial charge in [0.2, 0.25) is 0 Å². The number of aryl methyl sites for hydroxylation is 1. The Morgan fingerprint density at radius 1 is 1.59 bits per heavy atom. The van der Waals surface area contributed by atoms with E-state index in [1.807, 2.05) is 0 Å². The quantitative estimate of drug-likeness (QED) is 0.577. The summed E-state index contributed by atoms with van der Waals surface area (Å²) in [6.45, 7) is 1.94. The summed E-state index contributed by atoms with van der Waals surface area (Å²) in [5.41, 5.74) is 10.9. The Hall–Kier alpha value is -1.44. The number of nitrogens with two attached hydrogens (primary N) is 2. The lowest BCUT2D eigenvalue weighted by atomic mass is 10.1. The fraction of sp³-hybridized carbons (Fsp3) is 0.600. The number of rotatable bonds is 2. The van der Waals surface area contributed by atoms with Crippen LogP contribution in [0.1, 0.15) is 18.2 Å². The molecule has 1 aliphatic rings. The summed E-state index contributed by atoms with van der Waals surface area (Å²) in [5, 5.41) is 0. The van der Waals surface area contributed by atoms with Crippen molar-refractivity contribution < 1.29 is 4.74 Å². The van der Waals surface area contributed by atoms with Gasteiger partial charge in [-0.2, -0.15) is 0 Å². The Kier molecular flexibility index (Phi) is 3.14. The molecule has 0 saturated carbocycles. The predicted octanol–water partition coefficient (Wildman–Crippen LogP) is -1.58. The summed E-state index contributed by atoms with van der Waals surface area (Å²) in [6.07, 6.45) is 1.28. The molecule has 0 radical (unpaired) electrons. The van der Waals surface area contributed by atoms with Crippen LogP contribution >= 0.6 is 0 Å². The molecule has 1 saturated heterocycles. The average Bonchev–Trinajstić information content (AvgIpc) is 2.65. The number of nitrogens with zero attached hydrogens (tertiary/aromatic N) is 1. The van der Waals surface area contributed by atoms with Crippen LogP contribution in [0.4, 0.5) is 0 Å². The molecule has 94 valence electrons. The molecular formula is C10H16N4O3. The van der Waals surface area contributed by atoms with Crippen molar-refractivity contribution in [3.8, 4) is 0 Å². The van der Waals surface area contributed by atoms with Crippen LogP contribution in [0.15, 0.2) is 15.8 Å². The van der Waals surface area contributed by atoms with Crippen molar-refractivity contribution in [2.75, 3.05) is 6.54 Å². The zero-order valence-electron chi connectivity index (χ0n) is 9.55. The van der Waals surface area contributed by atoms with Gasteiger partial charge >= 0.3 is 5.69 Å². The lowest BCUT2D eigenvalue weighted by Gasteiger charge is -2.15. The summed E-state index contributed by atoms with van der Waals surface area (Å²) in [6, 6.07) is -0.191. The third-order valence-corrected chi connectivity index (χ3v) is 2.97. The molecule has 17 heavy (non-hydrogen) atoms. The molecule has 1 aliphatic heterocycles. The van der Waals surface area contributed by atoms with Crippen molar-refractivity contribution in [3.63, 3.8) is 0 Å². The summed E-state index contributed by atoms with van der Waals surface area (Å²) < 4.78 is 6.93. The standard InChI is InChI=1S/C10H16N4O3/c1-5-4-14(10(16)13-9(5)15)8-2-6(12)7(3-11)17-8/h4,6-8H,2-3,11-12H2,1H3,(H,13,15,16)/t6-,7+,8+/m0/s1. The number of aromatic amines is 1. The van der Waals surface area contributed by atoms with Crippen molar-refractivity contribution in [3.05, 3.63) is 32.6 Å². The lowest BCUT2D eigenvalue weighted by molar-refractivity contribution is 0.00155. The van der Waals surface area contributed by atoms with Crippen LogP contribution in [0, 0.1) is 6.92 Å². The number of nitrogens with one attached hydrogen (secondary N) is 1. The van der Waals surface area contributed by atoms with E-state index in [4.69, 9.17) is 16.2 Å². The third-order valence-electron chi connectivity index (χ3n) is 2.97. The maximum Gasteiger partial charge on any atom is 0.330 e. The summed E-state index contributed by atoms with van der Waals surface area (Å²) >= 11 is 0. The topological polar surface area (TPSA) is 116 Å². The van der Waals surface area contributed by atoms with E-state index in [0.29, 0.717) is 18.5 Å². The van der Waals surface area contributed by atoms with Gasteiger partial charge < -0.3 is 16.2 Å². The molecule has 1 aromatic rings. The van der Waals surface area contributed by atoms with Gasteiger partial charge in [-0.25, -0.2) is 4.79 Å². The minimum Gasteiger partial charge on any atom is -0.352 e. The largest absolute Gasteiger partial charge is 0.352 e. The molecule has 3 atom stereocenters. The first-order valence-electron chi connectivity index (χ1n) is 5.46. The van der Waals surface area contributed by atoms with Gasteiger partial charge in [-0.15, -0.1) is 0 Å². The predicted molar refractivity (Wildman–Crippen MR) is 61.6 cm³/mol. The van der Waals surface area contributed by atoms with E-state index in [-0.39, 0.29) is 17.7 Å². The van der Waals surface area contributed by atoms with Gasteiger partial charge in [-0.1, -0.05) is 0 Å². The normalized spacial score (nSPS) is 28.5. The lowest BCUT2D eigenvalue weighted by Crippen LogP contribution is -2.36. The molecule has 7 heteroatoms. The molecule has 1 fully saturated rings. The van der Waals surface area contributed by atoms with Gasteiger partial charge in [0, 0.05) is 30.8 Å². The number of ether oxygens (including phenoxy) is 1. The van der Waals surface area contributed by atoms with Gasteiger partial charge in [0.1, 0.15) is 6.23 Å². The van der Waals surface area contributed by atoms with Crippen LogP contribution in [0.3, 0.4) is 0 Å². The Balaban J connectivity index is 2.34. The monoisotopic (exact) mass is 240 g/mol. The third kappa shape index (κ3) is 2.17. The van der Waals surface area contributed by atoms with Crippen molar-refractivity contribution >= 4 is 0 Å². The molecule has 0 bridgehead atoms. The molecule has 7 nitrogen and oxygen atoms in total. The Labute approximate surface area is 97.4 Å². The van der Waals surface area contributed by atoms with Gasteiger partial charge in [0.25, 0.3) is 5.56 Å². The fourth-order valence-corrected chi connectivity index (χ4v) is 1.95. The molecule has 2 rings (SSSR count). The summed E-state index contributed by atoms with van der Waals surface area (Å²) in [7, 11) is 0. The van der Waals surface area contributed by atoms with Crippen LogP contribution in [-0.4, -0.2) is 28.2 Å². The Morgan fingerprint density at radius 3 is 2.88 bits per heavy atom. The van der Waals surface area contributed by atoms with Gasteiger partial charge in [-0.3, -0.25) is 14.3 Å². The molecule has 0 amide bonds. The molecule has 1 aromatic heterocycles. The zero-order valence-corrected chi connectivity index (χ0v) is 9.55. The van der Waals surface area contributed by atoms with Crippen molar-refractivity contribution in [2.24, 2.45) is 11.5 Å². The second kappa shape index (κ2) is 4.44. The molecule has 0 aliphatic carbocycles. The molecule has 5 N–H and O–H groups in total. The van der Waals surface area contributed by atoms with E-state index < -0.39 is 11.9 Å². The van der Waals surface area contributed by atoms with Crippen LogP contribution in [-0.2, 0) is 4.74 Å². The van der Waals surface area contributed by atoms with E-state index >= 15 is 0 Å². The zero-order chi connectivity index (χ0) is 12.6. The summed E-state index contributed by atoms with van der Waals surface area (Å²) in [4.78, 5) is 25.1. The molecule has 0 spiro atoms. The molecular weight excluding hydrogens is 224 g/mol. The minimum atomic E-state index is -0.490. The average molecular weight is 240 g/mol. The minimum absolute atomic E-state index is 0.191. The number of hydrogen-bond acceptors (Lipinski definition) is 5. The van der Waals surface area contributed by atoms with Crippen molar-refractivity contribution in [1.29, 1.82) is 0 Å². The van der Waals surface area contributed by atoms with Crippen LogP contribution < -0.4 is 22.7 Å². The fourth-order valence-electron chi connectivity index (χ4n) is 1.95. The Bertz CT molecular complexity index is 521. The van der Waals surface area contributed by atoms with Crippen LogP contribution in [0.2, 0.25) is 0 Å². The number of hydrogen-bond donors (Lipinski definition) is 3. The van der Waals surface area contributed by atoms with Crippen LogP contribution in [0.5, 0.6) is 0 Å². The highest BCUT2D eigenvalue weighted by atomic mass is 16.5. The highest BCUT2D eigenvalue weighted by molar-refractivity contribution is 5.02. The van der Waals surface area contributed by atoms with Crippen molar-refractivity contribution in [2.45, 2.75) is 31.7 Å². The SMILES string of the molecule is Cc1cn([C@H]2C[C@H](N)[C@@H](CN)O2)c(=O)[nH]c1=O. The van der Waals surface area contributed by atoms with E-state index in [2.05, 4.69) is 4.98 Å². The maximum absolute atomic E-state index is 11.6. The van der Waals surface area contributed by atoms with E-state index in [1.165, 1.54) is 10.8 Å². The van der Waals surface area contributed by atoms with Gasteiger partial charge in [0.15, 0.2) is 0 Å². The summed E-state index contributed by atoms with van der Waals surface area (Å²) in [5.74, 6) is 0. The van der Waals surface area contributed by atoms with E-state index in [9.17, 15) is 9.59 Å².